The zero-order valence-electron chi connectivity index (χ0n) is 28.3. The Balaban J connectivity index is 1.31. The van der Waals surface area contributed by atoms with Gasteiger partial charge in [0.15, 0.2) is 0 Å². The van der Waals surface area contributed by atoms with Crippen molar-refractivity contribution in [2.75, 3.05) is 17.4 Å². The lowest BCUT2D eigenvalue weighted by Crippen LogP contribution is -2.53. The van der Waals surface area contributed by atoms with Crippen LogP contribution in [-0.2, 0) is 24.6 Å². The molecule has 8 rings (SSSR count). The molecule has 2 heterocycles. The number of phenols is 1. The molecule has 262 valence electrons. The molecule has 4 aliphatic rings. The van der Waals surface area contributed by atoms with Gasteiger partial charge >= 0.3 is 0 Å². The molecule has 3 fully saturated rings. The van der Waals surface area contributed by atoms with Crippen molar-refractivity contribution in [3.05, 3.63) is 136 Å². The maximum absolute atomic E-state index is 15.2. The number of nitrogens with one attached hydrogen (secondary N) is 1. The fourth-order valence-corrected chi connectivity index (χ4v) is 8.99. The first-order valence-corrected chi connectivity index (χ1v) is 17.0. The van der Waals surface area contributed by atoms with Crippen LogP contribution in [0.2, 0.25) is 0 Å². The highest BCUT2D eigenvalue weighted by Gasteiger charge is 2.70. The number of imide groups is 2. The molecule has 2 aliphatic carbocycles. The van der Waals surface area contributed by atoms with Gasteiger partial charge < -0.3 is 9.84 Å². The van der Waals surface area contributed by atoms with E-state index in [4.69, 9.17) is 4.74 Å². The fraction of sp³-hybridized carbons (Fsp3) is 0.250. The predicted octanol–water partition coefficient (Wildman–Crippen LogP) is 5.81. The second-order valence-electron chi connectivity index (χ2n) is 13.8. The molecule has 0 radical (unpaired) electrons. The van der Waals surface area contributed by atoms with Crippen LogP contribution >= 0.6 is 0 Å². The number of ether oxygens (including phenoxy) is 1. The number of nitro benzene ring substituents is 1. The molecule has 12 nitrogen and oxygen atoms in total. The van der Waals surface area contributed by atoms with E-state index in [1.807, 2.05) is 43.3 Å². The van der Waals surface area contributed by atoms with Gasteiger partial charge in [-0.1, -0.05) is 71.8 Å². The number of hydrogen-bond acceptors (Lipinski definition) is 9. The van der Waals surface area contributed by atoms with Gasteiger partial charge in [0.25, 0.3) is 17.5 Å². The standard InChI is InChI=1S/C40H34N4O8/c1-22-11-13-24(14-12-22)41-43-37(47)32-21-31-28(17-18-30-34(31)38(48)42(36(30)46)25-9-6-10-26(19-25)44(50)51)35(29-16-15-27(52-2)20-33(29)45)40(32,39(43)49)23-7-4-3-5-8-23/h3-17,19-20,30-32,34-35,41,45H,18,21H2,1-2H3/t30-,31+,32-,34-,35+,40+/m0/s1. The van der Waals surface area contributed by atoms with Crippen molar-refractivity contribution in [2.24, 2.45) is 23.7 Å². The SMILES string of the molecule is COc1ccc([C@H]2C3=CC[C@@H]4C(=O)N(c5cccc([N+](=O)[O-])c5)C(=O)[C@@H]4[C@@H]3C[C@H]3C(=O)N(Nc4ccc(C)cc4)C(=O)[C@@]23c2ccccc2)c(O)c1. The van der Waals surface area contributed by atoms with Crippen molar-refractivity contribution in [1.29, 1.82) is 0 Å². The van der Waals surface area contributed by atoms with Crippen LogP contribution < -0.4 is 15.1 Å². The average Bonchev–Trinajstić information content (AvgIpc) is 3.53. The van der Waals surface area contributed by atoms with E-state index in [-0.39, 0.29) is 30.0 Å². The molecule has 0 aromatic heterocycles. The largest absolute Gasteiger partial charge is 0.508 e. The molecule has 4 amide bonds. The van der Waals surface area contributed by atoms with Crippen molar-refractivity contribution >= 4 is 40.7 Å². The third-order valence-corrected chi connectivity index (χ3v) is 11.2. The maximum Gasteiger partial charge on any atom is 0.271 e. The van der Waals surface area contributed by atoms with Gasteiger partial charge in [0.1, 0.15) is 11.5 Å². The van der Waals surface area contributed by atoms with Crippen molar-refractivity contribution in [1.82, 2.24) is 5.01 Å². The third kappa shape index (κ3) is 4.74. The molecule has 0 spiro atoms. The summed E-state index contributed by atoms with van der Waals surface area (Å²) in [5.41, 5.74) is 4.47. The minimum Gasteiger partial charge on any atom is -0.508 e. The highest BCUT2D eigenvalue weighted by molar-refractivity contribution is 6.22. The number of hydrogen-bond donors (Lipinski definition) is 2. The van der Waals surface area contributed by atoms with Crippen LogP contribution in [0.5, 0.6) is 11.5 Å². The third-order valence-electron chi connectivity index (χ3n) is 11.2. The molecule has 52 heavy (non-hydrogen) atoms. The van der Waals surface area contributed by atoms with E-state index in [1.165, 1.54) is 37.4 Å². The lowest BCUT2D eigenvalue weighted by Gasteiger charge is -2.50. The fourth-order valence-electron chi connectivity index (χ4n) is 8.99. The Hall–Kier alpha value is -6.30. The smallest absolute Gasteiger partial charge is 0.271 e. The number of rotatable bonds is 7. The van der Waals surface area contributed by atoms with Gasteiger partial charge in [-0.2, -0.15) is 5.01 Å². The monoisotopic (exact) mass is 698 g/mol. The van der Waals surface area contributed by atoms with Gasteiger partial charge in [0.2, 0.25) is 11.8 Å². The molecule has 4 aromatic rings. The summed E-state index contributed by atoms with van der Waals surface area (Å²) < 4.78 is 5.39. The zero-order valence-corrected chi connectivity index (χ0v) is 28.3. The number of nitro groups is 1. The summed E-state index contributed by atoms with van der Waals surface area (Å²) in [6.45, 7) is 1.93. The predicted molar refractivity (Wildman–Crippen MR) is 189 cm³/mol. The van der Waals surface area contributed by atoms with Crippen LogP contribution in [0.15, 0.2) is 109 Å². The molecule has 1 saturated carbocycles. The second-order valence-corrected chi connectivity index (χ2v) is 13.8. The van der Waals surface area contributed by atoms with Gasteiger partial charge in [0.05, 0.1) is 46.6 Å². The quantitative estimate of drug-likeness (QED) is 0.105. The van der Waals surface area contributed by atoms with Gasteiger partial charge in [-0.25, -0.2) is 4.90 Å². The molecule has 4 aromatic carbocycles. The van der Waals surface area contributed by atoms with Crippen LogP contribution in [0.4, 0.5) is 17.1 Å². The van der Waals surface area contributed by atoms with Gasteiger partial charge in [-0.05, 0) is 55.5 Å². The first-order chi connectivity index (χ1) is 25.1. The van der Waals surface area contributed by atoms with Crippen LogP contribution in [-0.4, -0.2) is 45.8 Å². The lowest BCUT2D eigenvalue weighted by molar-refractivity contribution is -0.384. The Morgan fingerprint density at radius 1 is 0.885 bits per heavy atom. The maximum atomic E-state index is 15.2. The number of carbonyl (C=O) groups excluding carboxylic acids is 4. The van der Waals surface area contributed by atoms with E-state index in [0.717, 1.165) is 15.5 Å². The Morgan fingerprint density at radius 3 is 2.33 bits per heavy atom. The first-order valence-electron chi connectivity index (χ1n) is 17.0. The summed E-state index contributed by atoms with van der Waals surface area (Å²) >= 11 is 0. The van der Waals surface area contributed by atoms with Crippen LogP contribution in [0.3, 0.4) is 0 Å². The number of aryl methyl sites for hydroxylation is 1. The molecular weight excluding hydrogens is 664 g/mol. The van der Waals surface area contributed by atoms with Crippen molar-refractivity contribution in [3.8, 4) is 11.5 Å². The Labute approximate surface area is 298 Å². The Kier molecular flexibility index (Phi) is 7.70. The highest BCUT2D eigenvalue weighted by atomic mass is 16.6. The van der Waals surface area contributed by atoms with Crippen LogP contribution in [0.25, 0.3) is 0 Å². The molecule has 0 bridgehead atoms. The van der Waals surface area contributed by atoms with E-state index >= 15 is 4.79 Å². The first kappa shape index (κ1) is 32.9. The van der Waals surface area contributed by atoms with Gasteiger partial charge in [-0.3, -0.25) is 34.7 Å². The molecule has 2 saturated heterocycles. The highest BCUT2D eigenvalue weighted by Crippen LogP contribution is 2.65. The number of non-ortho nitro benzene ring substituents is 1. The second kappa shape index (κ2) is 12.2. The number of phenolic OH excluding ortho intramolecular Hbond substituents is 1. The molecule has 6 atom stereocenters. The number of aromatic hydroxyl groups is 1. The number of methoxy groups -OCH3 is 1. The van der Waals surface area contributed by atoms with Crippen molar-refractivity contribution in [2.45, 2.75) is 31.1 Å². The summed E-state index contributed by atoms with van der Waals surface area (Å²) in [6.07, 6.45) is 2.10. The van der Waals surface area contributed by atoms with E-state index in [1.54, 1.807) is 36.4 Å². The molecule has 2 N–H and O–H groups in total. The van der Waals surface area contributed by atoms with Crippen LogP contribution in [0.1, 0.15) is 35.4 Å². The molecular formula is C40H34N4O8. The van der Waals surface area contributed by atoms with Gasteiger partial charge in [-0.15, -0.1) is 0 Å². The van der Waals surface area contributed by atoms with Crippen LogP contribution in [0, 0.1) is 40.7 Å². The number of hydrazine groups is 1. The lowest BCUT2D eigenvalue weighted by atomic mass is 9.49. The van der Waals surface area contributed by atoms with E-state index < -0.39 is 63.6 Å². The number of amides is 4. The summed E-state index contributed by atoms with van der Waals surface area (Å²) in [6, 6.07) is 26.5. The normalized spacial score (nSPS) is 26.4. The zero-order chi connectivity index (χ0) is 36.5. The summed E-state index contributed by atoms with van der Waals surface area (Å²) in [5, 5.41) is 24.3. The topological polar surface area (TPSA) is 159 Å². The van der Waals surface area contributed by atoms with Crippen molar-refractivity contribution < 1.29 is 33.9 Å². The summed E-state index contributed by atoms with van der Waals surface area (Å²) in [7, 11) is 1.47. The molecule has 2 aliphatic heterocycles. The number of allylic oxidation sites excluding steroid dienone is 2. The summed E-state index contributed by atoms with van der Waals surface area (Å²) in [5.74, 6) is -6.10. The summed E-state index contributed by atoms with van der Waals surface area (Å²) in [4.78, 5) is 70.5. The Morgan fingerprint density at radius 2 is 1.63 bits per heavy atom. The molecule has 0 unspecified atom stereocenters. The minimum atomic E-state index is -1.55. The van der Waals surface area contributed by atoms with Gasteiger partial charge in [0, 0.05) is 29.7 Å². The van der Waals surface area contributed by atoms with E-state index in [2.05, 4.69) is 5.43 Å². The van der Waals surface area contributed by atoms with Crippen molar-refractivity contribution in [3.63, 3.8) is 0 Å². The number of anilines is 2. The number of carbonyl (C=O) groups is 4. The minimum absolute atomic E-state index is 0.0633. The Bertz CT molecular complexity index is 2200. The molecule has 12 heteroatoms. The number of nitrogens with zero attached hydrogens (tertiary/aromatic N) is 3. The number of benzene rings is 4. The number of fused-ring (bicyclic) bond motifs is 4. The van der Waals surface area contributed by atoms with E-state index in [9.17, 15) is 29.6 Å². The average molecular weight is 699 g/mol. The van der Waals surface area contributed by atoms with E-state index in [0.29, 0.717) is 28.1 Å².